The molecule has 7 heteroatoms. The number of nitrogens with one attached hydrogen (secondary N) is 1. The van der Waals surface area contributed by atoms with Crippen LogP contribution in [0.15, 0.2) is 12.4 Å². The second kappa shape index (κ2) is 7.39. The summed E-state index contributed by atoms with van der Waals surface area (Å²) in [6.07, 6.45) is 3.54. The Kier molecular flexibility index (Phi) is 6.13. The maximum Gasteiger partial charge on any atom is 0.326 e. The highest BCUT2D eigenvalue weighted by atomic mass is 32.2. The van der Waals surface area contributed by atoms with Crippen LogP contribution in [-0.4, -0.2) is 39.6 Å². The molecule has 1 heterocycles. The zero-order valence-corrected chi connectivity index (χ0v) is 11.6. The Morgan fingerprint density at radius 1 is 1.53 bits per heavy atom. The largest absolute Gasteiger partial charge is 0.336 e. The topological polar surface area (TPSA) is 58.1 Å². The first-order chi connectivity index (χ1) is 8.09. The molecule has 0 bridgehead atoms. The van der Waals surface area contributed by atoms with Crippen LogP contribution in [0, 0.1) is 6.92 Å². The lowest BCUT2D eigenvalue weighted by molar-refractivity contribution is 0.231. The number of carbonyl (C=O) groups is 1. The van der Waals surface area contributed by atoms with E-state index in [2.05, 4.69) is 28.1 Å². The highest BCUT2D eigenvalue weighted by Crippen LogP contribution is 2.08. The number of hydrogen-bond donors (Lipinski definition) is 2. The third kappa shape index (κ3) is 5.78. The average Bonchev–Trinajstić information content (AvgIpc) is 2.30. The molecule has 0 atom stereocenters. The van der Waals surface area contributed by atoms with Gasteiger partial charge >= 0.3 is 6.03 Å². The van der Waals surface area contributed by atoms with Crippen molar-refractivity contribution in [3.63, 3.8) is 0 Å². The van der Waals surface area contributed by atoms with Gasteiger partial charge in [0.15, 0.2) is 0 Å². The molecule has 1 rings (SSSR count). The van der Waals surface area contributed by atoms with E-state index >= 15 is 0 Å². The smallest absolute Gasteiger partial charge is 0.326 e. The molecule has 1 aromatic heterocycles. The van der Waals surface area contributed by atoms with Gasteiger partial charge in [-0.15, -0.1) is 0 Å². The summed E-state index contributed by atoms with van der Waals surface area (Å²) in [4.78, 5) is 19.5. The molecule has 17 heavy (non-hydrogen) atoms. The number of aromatic nitrogens is 2. The van der Waals surface area contributed by atoms with Crippen molar-refractivity contribution in [1.82, 2.24) is 19.6 Å². The van der Waals surface area contributed by atoms with Crippen LogP contribution in [0.3, 0.4) is 0 Å². The number of nitrogens with zero attached hydrogens (tertiary/aromatic N) is 3. The van der Waals surface area contributed by atoms with Gasteiger partial charge in [-0.2, -0.15) is 11.8 Å². The second-order valence-electron chi connectivity index (χ2n) is 3.46. The van der Waals surface area contributed by atoms with Crippen molar-refractivity contribution < 1.29 is 4.79 Å². The normalized spacial score (nSPS) is 10.1. The predicted octanol–water partition coefficient (Wildman–Crippen LogP) is 1.50. The number of carbonyl (C=O) groups excluding carboxylic acids is 1. The Hall–Kier alpha value is -0.950. The molecule has 0 aromatic carbocycles. The van der Waals surface area contributed by atoms with E-state index < -0.39 is 0 Å². The summed E-state index contributed by atoms with van der Waals surface area (Å²) >= 11 is 5.59. The van der Waals surface area contributed by atoms with Crippen molar-refractivity contribution >= 4 is 30.6 Å². The van der Waals surface area contributed by atoms with Crippen molar-refractivity contribution in [3.05, 3.63) is 23.8 Å². The lowest BCUT2D eigenvalue weighted by Crippen LogP contribution is -2.32. The molecule has 0 aliphatic rings. The van der Waals surface area contributed by atoms with E-state index in [4.69, 9.17) is 0 Å². The third-order valence-corrected chi connectivity index (χ3v) is 3.08. The van der Waals surface area contributed by atoms with Gasteiger partial charge in [0, 0.05) is 37.5 Å². The van der Waals surface area contributed by atoms with Crippen molar-refractivity contribution in [1.29, 1.82) is 0 Å². The van der Waals surface area contributed by atoms with Crippen molar-refractivity contribution in [2.75, 3.05) is 19.3 Å². The van der Waals surface area contributed by atoms with Crippen LogP contribution in [0.4, 0.5) is 4.79 Å². The monoisotopic (exact) mass is 272 g/mol. The number of rotatable bonds is 5. The SMILES string of the molecule is Cc1cnc(CSCCNC(=O)N(C)S)cn1. The number of aryl methyl sites for hydroxylation is 1. The first-order valence-corrected chi connectivity index (χ1v) is 6.71. The Bertz CT molecular complexity index is 356. The van der Waals surface area contributed by atoms with E-state index in [1.54, 1.807) is 31.2 Å². The van der Waals surface area contributed by atoms with Crippen LogP contribution in [0.1, 0.15) is 11.4 Å². The molecule has 0 spiro atoms. The minimum atomic E-state index is -0.191. The quantitative estimate of drug-likeness (QED) is 0.630. The Balaban J connectivity index is 2.12. The average molecular weight is 272 g/mol. The van der Waals surface area contributed by atoms with E-state index in [0.717, 1.165) is 22.9 Å². The van der Waals surface area contributed by atoms with Crippen LogP contribution in [0.5, 0.6) is 0 Å². The van der Waals surface area contributed by atoms with Gasteiger partial charge in [0.1, 0.15) is 0 Å². The first-order valence-electron chi connectivity index (χ1n) is 5.15. The van der Waals surface area contributed by atoms with E-state index in [1.807, 2.05) is 6.92 Å². The summed E-state index contributed by atoms with van der Waals surface area (Å²) in [6, 6.07) is -0.191. The van der Waals surface area contributed by atoms with Crippen LogP contribution < -0.4 is 5.32 Å². The third-order valence-electron chi connectivity index (χ3n) is 1.90. The van der Waals surface area contributed by atoms with Gasteiger partial charge in [-0.3, -0.25) is 14.3 Å². The number of thioether (sulfide) groups is 1. The van der Waals surface area contributed by atoms with Gasteiger partial charge in [0.25, 0.3) is 0 Å². The van der Waals surface area contributed by atoms with Crippen LogP contribution in [0.2, 0.25) is 0 Å². The summed E-state index contributed by atoms with van der Waals surface area (Å²) in [5.74, 6) is 1.64. The zero-order chi connectivity index (χ0) is 12.7. The summed E-state index contributed by atoms with van der Waals surface area (Å²) in [7, 11) is 1.59. The Morgan fingerprint density at radius 3 is 2.88 bits per heavy atom. The number of amides is 2. The molecule has 94 valence electrons. The molecular weight excluding hydrogens is 256 g/mol. The number of urea groups is 1. The Labute approximate surface area is 111 Å². The minimum Gasteiger partial charge on any atom is -0.336 e. The van der Waals surface area contributed by atoms with E-state index in [0.29, 0.717) is 6.54 Å². The van der Waals surface area contributed by atoms with Crippen molar-refractivity contribution in [2.45, 2.75) is 12.7 Å². The van der Waals surface area contributed by atoms with Gasteiger partial charge < -0.3 is 5.32 Å². The maximum atomic E-state index is 11.1. The molecule has 0 aliphatic heterocycles. The zero-order valence-electron chi connectivity index (χ0n) is 9.88. The molecule has 0 radical (unpaired) electrons. The number of thiol groups is 1. The molecule has 5 nitrogen and oxygen atoms in total. The molecule has 1 N–H and O–H groups in total. The lowest BCUT2D eigenvalue weighted by atomic mass is 10.4. The molecule has 0 unspecified atom stereocenters. The van der Waals surface area contributed by atoms with Gasteiger partial charge in [-0.1, -0.05) is 12.8 Å². The second-order valence-corrected chi connectivity index (χ2v) is 5.16. The number of hydrogen-bond acceptors (Lipinski definition) is 5. The fourth-order valence-electron chi connectivity index (χ4n) is 1.02. The predicted molar refractivity (Wildman–Crippen MR) is 73.1 cm³/mol. The van der Waals surface area contributed by atoms with Crippen molar-refractivity contribution in [2.24, 2.45) is 0 Å². The molecular formula is C10H16N4OS2. The van der Waals surface area contributed by atoms with E-state index in [1.165, 1.54) is 4.31 Å². The summed E-state index contributed by atoms with van der Waals surface area (Å²) in [6.45, 7) is 2.53. The van der Waals surface area contributed by atoms with E-state index in [-0.39, 0.29) is 6.03 Å². The molecule has 0 saturated heterocycles. The van der Waals surface area contributed by atoms with Gasteiger partial charge in [0.05, 0.1) is 11.4 Å². The van der Waals surface area contributed by atoms with Crippen LogP contribution >= 0.6 is 24.6 Å². The molecule has 1 aromatic rings. The molecule has 0 fully saturated rings. The first kappa shape index (κ1) is 14.1. The standard InChI is InChI=1S/C10H16N4OS2/c1-8-5-13-9(6-12-8)7-17-4-3-11-10(15)14(2)16/h5-6,16H,3-4,7H2,1-2H3,(H,11,15). The van der Waals surface area contributed by atoms with Crippen molar-refractivity contribution in [3.8, 4) is 0 Å². The lowest BCUT2D eigenvalue weighted by Gasteiger charge is -2.10. The van der Waals surface area contributed by atoms with Crippen LogP contribution in [-0.2, 0) is 5.75 Å². The fourth-order valence-corrected chi connectivity index (χ4v) is 1.83. The maximum absolute atomic E-state index is 11.1. The highest BCUT2D eigenvalue weighted by Gasteiger charge is 2.02. The fraction of sp³-hybridized carbons (Fsp3) is 0.500. The molecule has 0 saturated carbocycles. The minimum absolute atomic E-state index is 0.191. The molecule has 2 amide bonds. The van der Waals surface area contributed by atoms with Gasteiger partial charge in [0.2, 0.25) is 0 Å². The molecule has 0 aliphatic carbocycles. The van der Waals surface area contributed by atoms with E-state index in [9.17, 15) is 4.79 Å². The van der Waals surface area contributed by atoms with Gasteiger partial charge in [-0.05, 0) is 6.92 Å². The summed E-state index contributed by atoms with van der Waals surface area (Å²) < 4.78 is 1.22. The Morgan fingerprint density at radius 2 is 2.29 bits per heavy atom. The van der Waals surface area contributed by atoms with Crippen LogP contribution in [0.25, 0.3) is 0 Å². The summed E-state index contributed by atoms with van der Waals surface area (Å²) in [5, 5.41) is 2.73. The highest BCUT2D eigenvalue weighted by molar-refractivity contribution is 7.98. The van der Waals surface area contributed by atoms with Gasteiger partial charge in [-0.25, -0.2) is 4.79 Å². The summed E-state index contributed by atoms with van der Waals surface area (Å²) in [5.41, 5.74) is 1.88.